The molecule has 0 N–H and O–H groups in total. The Kier molecular flexibility index (Phi) is 7.31. The third-order valence-electron chi connectivity index (χ3n) is 5.98. The van der Waals surface area contributed by atoms with Gasteiger partial charge in [0, 0.05) is 10.4 Å². The summed E-state index contributed by atoms with van der Waals surface area (Å²) < 4.78 is 8.16. The molecule has 0 radical (unpaired) electrons. The lowest BCUT2D eigenvalue weighted by Crippen LogP contribution is -2.25. The predicted octanol–water partition coefficient (Wildman–Crippen LogP) is 6.92. The maximum absolute atomic E-state index is 13.4. The van der Waals surface area contributed by atoms with Crippen LogP contribution in [0.2, 0.25) is 5.02 Å². The molecule has 0 aliphatic heterocycles. The summed E-state index contributed by atoms with van der Waals surface area (Å²) in [4.78, 5) is 18.3. The molecule has 0 unspecified atom stereocenters. The quantitative estimate of drug-likeness (QED) is 0.334. The summed E-state index contributed by atoms with van der Waals surface area (Å²) in [5.74, 6) is 1.62. The van der Waals surface area contributed by atoms with Crippen molar-refractivity contribution in [2.24, 2.45) is 5.10 Å². The SMILES string of the molecule is CC[C@@H](C)Oc1ccc(C=Nn2c(C3CCCCC3)nc3ccc(Br)cc3c2=O)cc1Cl. The van der Waals surface area contributed by atoms with Gasteiger partial charge in [0.25, 0.3) is 5.56 Å². The number of hydrogen-bond donors (Lipinski definition) is 0. The third kappa shape index (κ3) is 5.07. The highest BCUT2D eigenvalue weighted by molar-refractivity contribution is 9.10. The molecule has 0 spiro atoms. The van der Waals surface area contributed by atoms with Crippen molar-refractivity contribution in [3.05, 3.63) is 67.6 Å². The third-order valence-corrected chi connectivity index (χ3v) is 6.77. The van der Waals surface area contributed by atoms with Crippen LogP contribution in [-0.4, -0.2) is 22.0 Å². The molecule has 1 fully saturated rings. The zero-order valence-electron chi connectivity index (χ0n) is 18.4. The monoisotopic (exact) mass is 515 g/mol. The van der Waals surface area contributed by atoms with Gasteiger partial charge in [-0.25, -0.2) is 4.98 Å². The molecule has 7 heteroatoms. The lowest BCUT2D eigenvalue weighted by atomic mass is 9.88. The Morgan fingerprint density at radius 3 is 2.75 bits per heavy atom. The van der Waals surface area contributed by atoms with Crippen LogP contribution >= 0.6 is 27.5 Å². The molecule has 32 heavy (non-hydrogen) atoms. The molecule has 1 heterocycles. The van der Waals surface area contributed by atoms with Gasteiger partial charge >= 0.3 is 0 Å². The van der Waals surface area contributed by atoms with E-state index < -0.39 is 0 Å². The molecular weight excluding hydrogens is 490 g/mol. The van der Waals surface area contributed by atoms with Crippen LogP contribution in [0.25, 0.3) is 10.9 Å². The van der Waals surface area contributed by atoms with Gasteiger partial charge in [0.05, 0.1) is 28.2 Å². The normalized spacial score (nSPS) is 16.0. The molecule has 0 saturated heterocycles. The van der Waals surface area contributed by atoms with Crippen molar-refractivity contribution in [3.63, 3.8) is 0 Å². The van der Waals surface area contributed by atoms with Crippen LogP contribution in [0.15, 0.2) is 50.8 Å². The van der Waals surface area contributed by atoms with Gasteiger partial charge in [-0.15, -0.1) is 0 Å². The topological polar surface area (TPSA) is 56.5 Å². The van der Waals surface area contributed by atoms with Gasteiger partial charge in [-0.3, -0.25) is 4.79 Å². The summed E-state index contributed by atoms with van der Waals surface area (Å²) in [6, 6.07) is 11.1. The second-order valence-corrected chi connectivity index (χ2v) is 9.68. The van der Waals surface area contributed by atoms with Crippen LogP contribution < -0.4 is 10.3 Å². The number of ether oxygens (including phenoxy) is 1. The highest BCUT2D eigenvalue weighted by Crippen LogP contribution is 2.32. The van der Waals surface area contributed by atoms with Crippen LogP contribution in [-0.2, 0) is 0 Å². The second kappa shape index (κ2) is 10.2. The largest absolute Gasteiger partial charge is 0.489 e. The Morgan fingerprint density at radius 1 is 1.25 bits per heavy atom. The van der Waals surface area contributed by atoms with Gasteiger partial charge in [-0.2, -0.15) is 9.78 Å². The maximum Gasteiger partial charge on any atom is 0.282 e. The first kappa shape index (κ1) is 23.0. The van der Waals surface area contributed by atoms with E-state index in [0.717, 1.165) is 48.0 Å². The van der Waals surface area contributed by atoms with Gasteiger partial charge in [-0.1, -0.05) is 53.7 Å². The molecule has 1 aliphatic rings. The van der Waals surface area contributed by atoms with E-state index in [0.29, 0.717) is 21.7 Å². The van der Waals surface area contributed by atoms with Crippen molar-refractivity contribution in [2.45, 2.75) is 64.4 Å². The first-order valence-corrected chi connectivity index (χ1v) is 12.4. The summed E-state index contributed by atoms with van der Waals surface area (Å²) in [5, 5.41) is 5.65. The summed E-state index contributed by atoms with van der Waals surface area (Å²) in [7, 11) is 0. The van der Waals surface area contributed by atoms with E-state index in [4.69, 9.17) is 21.3 Å². The average Bonchev–Trinajstić information content (AvgIpc) is 2.80. The molecule has 4 rings (SSSR count). The van der Waals surface area contributed by atoms with Crippen molar-refractivity contribution in [1.82, 2.24) is 9.66 Å². The van der Waals surface area contributed by atoms with E-state index in [9.17, 15) is 4.79 Å². The number of fused-ring (bicyclic) bond motifs is 1. The Balaban J connectivity index is 1.74. The van der Waals surface area contributed by atoms with E-state index in [1.54, 1.807) is 18.3 Å². The lowest BCUT2D eigenvalue weighted by molar-refractivity contribution is 0.217. The van der Waals surface area contributed by atoms with Gasteiger partial charge in [0.2, 0.25) is 0 Å². The zero-order chi connectivity index (χ0) is 22.7. The molecule has 0 bridgehead atoms. The maximum atomic E-state index is 13.4. The fourth-order valence-electron chi connectivity index (χ4n) is 4.02. The van der Waals surface area contributed by atoms with Gasteiger partial charge in [0.1, 0.15) is 11.6 Å². The molecular formula is C25H27BrClN3O2. The second-order valence-electron chi connectivity index (χ2n) is 8.35. The Hall–Kier alpha value is -2.18. The van der Waals surface area contributed by atoms with Gasteiger partial charge in [-0.05, 0) is 68.1 Å². The first-order valence-electron chi connectivity index (χ1n) is 11.2. The number of rotatable bonds is 6. The minimum absolute atomic E-state index is 0.0895. The molecule has 168 valence electrons. The van der Waals surface area contributed by atoms with E-state index in [2.05, 4.69) is 28.0 Å². The standard InChI is InChI=1S/C25H27BrClN3O2/c1-3-16(2)32-23-12-9-17(13-21(23)27)15-28-30-24(18-7-5-4-6-8-18)29-22-11-10-19(26)14-20(22)25(30)31/h9-16,18H,3-8H2,1-2H3/t16-/m1/s1. The van der Waals surface area contributed by atoms with Crippen LogP contribution in [0, 0.1) is 0 Å². The first-order chi connectivity index (χ1) is 15.5. The number of aromatic nitrogens is 2. The van der Waals surface area contributed by atoms with E-state index in [1.165, 1.54) is 11.1 Å². The van der Waals surface area contributed by atoms with E-state index in [-0.39, 0.29) is 17.6 Å². The molecule has 5 nitrogen and oxygen atoms in total. The Bertz CT molecular complexity index is 1200. The molecule has 2 aromatic carbocycles. The van der Waals surface area contributed by atoms with Crippen molar-refractivity contribution in [3.8, 4) is 5.75 Å². The number of benzene rings is 2. The van der Waals surface area contributed by atoms with Crippen molar-refractivity contribution in [2.75, 3.05) is 0 Å². The summed E-state index contributed by atoms with van der Waals surface area (Å²) >= 11 is 9.88. The summed E-state index contributed by atoms with van der Waals surface area (Å²) in [5.41, 5.74) is 1.35. The molecule has 1 atom stereocenters. The van der Waals surface area contributed by atoms with Gasteiger partial charge < -0.3 is 4.74 Å². The van der Waals surface area contributed by atoms with Crippen molar-refractivity contribution in [1.29, 1.82) is 0 Å². The molecule has 3 aromatic rings. The Labute approximate surface area is 201 Å². The van der Waals surface area contributed by atoms with Crippen LogP contribution in [0.3, 0.4) is 0 Å². The van der Waals surface area contributed by atoms with Crippen molar-refractivity contribution < 1.29 is 4.74 Å². The minimum Gasteiger partial charge on any atom is -0.489 e. The van der Waals surface area contributed by atoms with Crippen LogP contribution in [0.1, 0.15) is 69.7 Å². The highest BCUT2D eigenvalue weighted by atomic mass is 79.9. The Morgan fingerprint density at radius 2 is 2.03 bits per heavy atom. The number of hydrogen-bond acceptors (Lipinski definition) is 4. The fourth-order valence-corrected chi connectivity index (χ4v) is 4.61. The lowest BCUT2D eigenvalue weighted by Gasteiger charge is -2.22. The minimum atomic E-state index is -0.157. The molecule has 1 aliphatic carbocycles. The number of halogens is 2. The summed E-state index contributed by atoms with van der Waals surface area (Å²) in [6.07, 6.45) is 8.23. The predicted molar refractivity (Wildman–Crippen MR) is 134 cm³/mol. The van der Waals surface area contributed by atoms with Crippen LogP contribution in [0.4, 0.5) is 0 Å². The fraction of sp³-hybridized carbons (Fsp3) is 0.400. The number of nitrogens with zero attached hydrogens (tertiary/aromatic N) is 3. The molecule has 1 saturated carbocycles. The molecule has 0 amide bonds. The van der Waals surface area contributed by atoms with Crippen molar-refractivity contribution >= 4 is 44.6 Å². The summed E-state index contributed by atoms with van der Waals surface area (Å²) in [6.45, 7) is 4.08. The van der Waals surface area contributed by atoms with Crippen LogP contribution in [0.5, 0.6) is 5.75 Å². The van der Waals surface area contributed by atoms with E-state index >= 15 is 0 Å². The average molecular weight is 517 g/mol. The van der Waals surface area contributed by atoms with Gasteiger partial charge in [0.15, 0.2) is 0 Å². The van der Waals surface area contributed by atoms with E-state index in [1.807, 2.05) is 31.2 Å². The zero-order valence-corrected chi connectivity index (χ0v) is 20.7. The molecule has 1 aromatic heterocycles. The highest BCUT2D eigenvalue weighted by Gasteiger charge is 2.22. The smallest absolute Gasteiger partial charge is 0.282 e.